The van der Waals surface area contributed by atoms with Crippen molar-refractivity contribution in [3.63, 3.8) is 0 Å². The Morgan fingerprint density at radius 1 is 0.900 bits per heavy atom. The van der Waals surface area contributed by atoms with Crippen molar-refractivity contribution in [3.8, 4) is 22.4 Å². The maximum atomic E-state index is 12.0. The Morgan fingerprint density at radius 3 is 2.07 bits per heavy atom. The summed E-state index contributed by atoms with van der Waals surface area (Å²) < 4.78 is 9.83. The van der Waals surface area contributed by atoms with Gasteiger partial charge in [-0.25, -0.2) is 14.6 Å². The fourth-order valence-corrected chi connectivity index (χ4v) is 3.38. The Hall–Kier alpha value is -3.45. The number of anilines is 1. The average molecular weight is 423 g/mol. The summed E-state index contributed by atoms with van der Waals surface area (Å²) in [6.07, 6.45) is 1.27. The van der Waals surface area contributed by atoms with Gasteiger partial charge in [-0.15, -0.1) is 11.3 Å². The first kappa shape index (κ1) is 21.3. The van der Waals surface area contributed by atoms with Crippen LogP contribution >= 0.6 is 11.3 Å². The molecule has 0 saturated heterocycles. The van der Waals surface area contributed by atoms with Gasteiger partial charge in [0.2, 0.25) is 0 Å². The maximum absolute atomic E-state index is 12.0. The third-order valence-corrected chi connectivity index (χ3v) is 4.90. The van der Waals surface area contributed by atoms with Gasteiger partial charge in [0.1, 0.15) is 0 Å². The van der Waals surface area contributed by atoms with E-state index < -0.39 is 11.9 Å². The van der Waals surface area contributed by atoms with E-state index in [0.717, 1.165) is 22.4 Å². The summed E-state index contributed by atoms with van der Waals surface area (Å²) in [6, 6.07) is 18.3. The van der Waals surface area contributed by atoms with Crippen LogP contribution in [0.5, 0.6) is 0 Å². The Morgan fingerprint density at radius 2 is 1.47 bits per heavy atom. The SMILES string of the molecule is CCOC(=O)C(=CNc1nc(-c2ccc(-c3ccccc3)cc2)cs1)C(=O)OCC. The quantitative estimate of drug-likeness (QED) is 0.241. The molecule has 0 unspecified atom stereocenters. The molecule has 7 heteroatoms. The number of ether oxygens (including phenoxy) is 2. The highest BCUT2D eigenvalue weighted by Gasteiger charge is 2.21. The fourth-order valence-electron chi connectivity index (χ4n) is 2.69. The van der Waals surface area contributed by atoms with Gasteiger partial charge >= 0.3 is 11.9 Å². The van der Waals surface area contributed by atoms with E-state index in [9.17, 15) is 9.59 Å². The second-order valence-corrected chi connectivity index (χ2v) is 6.98. The lowest BCUT2D eigenvalue weighted by molar-refractivity contribution is -0.146. The molecule has 6 nitrogen and oxygen atoms in total. The van der Waals surface area contributed by atoms with Gasteiger partial charge in [-0.2, -0.15) is 0 Å². The molecule has 2 aromatic carbocycles. The predicted molar refractivity (Wildman–Crippen MR) is 118 cm³/mol. The van der Waals surface area contributed by atoms with Gasteiger partial charge in [-0.1, -0.05) is 54.6 Å². The molecular formula is C23H22N2O4S. The fraction of sp³-hybridized carbons (Fsp3) is 0.174. The monoisotopic (exact) mass is 422 g/mol. The van der Waals surface area contributed by atoms with Crippen molar-refractivity contribution in [1.29, 1.82) is 0 Å². The third kappa shape index (κ3) is 5.33. The molecule has 154 valence electrons. The van der Waals surface area contributed by atoms with Crippen LogP contribution in [0.2, 0.25) is 0 Å². The third-order valence-electron chi connectivity index (χ3n) is 4.12. The number of esters is 2. The van der Waals surface area contributed by atoms with Crippen LogP contribution in [0.1, 0.15) is 13.8 Å². The highest BCUT2D eigenvalue weighted by molar-refractivity contribution is 7.14. The van der Waals surface area contributed by atoms with Crippen molar-refractivity contribution in [2.24, 2.45) is 0 Å². The first-order valence-corrected chi connectivity index (χ1v) is 10.4. The number of carbonyl (C=O) groups excluding carboxylic acids is 2. The summed E-state index contributed by atoms with van der Waals surface area (Å²) in [5, 5.41) is 5.34. The number of hydrogen-bond donors (Lipinski definition) is 1. The van der Waals surface area contributed by atoms with Gasteiger partial charge in [-0.3, -0.25) is 0 Å². The smallest absolute Gasteiger partial charge is 0.347 e. The number of hydrogen-bond acceptors (Lipinski definition) is 7. The molecule has 0 radical (unpaired) electrons. The van der Waals surface area contributed by atoms with Crippen LogP contribution in [0.25, 0.3) is 22.4 Å². The van der Waals surface area contributed by atoms with E-state index in [1.165, 1.54) is 17.5 Å². The van der Waals surface area contributed by atoms with E-state index in [2.05, 4.69) is 34.6 Å². The molecule has 0 spiro atoms. The van der Waals surface area contributed by atoms with E-state index in [-0.39, 0.29) is 18.8 Å². The lowest BCUT2D eigenvalue weighted by atomic mass is 10.0. The largest absolute Gasteiger partial charge is 0.462 e. The minimum absolute atomic E-state index is 0.163. The number of aromatic nitrogens is 1. The van der Waals surface area contributed by atoms with Crippen molar-refractivity contribution in [2.45, 2.75) is 13.8 Å². The molecule has 0 aliphatic rings. The Kier molecular flexibility index (Phi) is 7.34. The van der Waals surface area contributed by atoms with Crippen LogP contribution in [0.15, 0.2) is 71.8 Å². The summed E-state index contributed by atoms with van der Waals surface area (Å²) in [6.45, 7) is 3.67. The summed E-state index contributed by atoms with van der Waals surface area (Å²) in [4.78, 5) is 28.5. The highest BCUT2D eigenvalue weighted by Crippen LogP contribution is 2.27. The molecule has 1 heterocycles. The second-order valence-electron chi connectivity index (χ2n) is 6.12. The first-order chi connectivity index (χ1) is 14.6. The molecule has 3 aromatic rings. The van der Waals surface area contributed by atoms with Crippen LogP contribution in [-0.4, -0.2) is 30.1 Å². The van der Waals surface area contributed by atoms with Crippen LogP contribution in [-0.2, 0) is 19.1 Å². The Labute approximate surface area is 179 Å². The predicted octanol–water partition coefficient (Wildman–Crippen LogP) is 4.90. The first-order valence-electron chi connectivity index (χ1n) is 9.54. The Bertz CT molecular complexity index is 1010. The molecule has 0 aliphatic carbocycles. The summed E-state index contributed by atoms with van der Waals surface area (Å²) >= 11 is 1.37. The van der Waals surface area contributed by atoms with Crippen LogP contribution in [0, 0.1) is 0 Å². The number of carbonyl (C=O) groups is 2. The van der Waals surface area contributed by atoms with Crippen molar-refractivity contribution >= 4 is 28.4 Å². The molecule has 0 amide bonds. The van der Waals surface area contributed by atoms with Gasteiger partial charge in [-0.05, 0) is 25.0 Å². The lowest BCUT2D eigenvalue weighted by Crippen LogP contribution is -2.19. The van der Waals surface area contributed by atoms with E-state index in [0.29, 0.717) is 5.13 Å². The number of nitrogens with zero attached hydrogens (tertiary/aromatic N) is 1. The number of nitrogens with one attached hydrogen (secondary N) is 1. The van der Waals surface area contributed by atoms with Crippen molar-refractivity contribution in [3.05, 3.63) is 71.8 Å². The zero-order chi connectivity index (χ0) is 21.3. The van der Waals surface area contributed by atoms with Crippen molar-refractivity contribution in [2.75, 3.05) is 18.5 Å². The van der Waals surface area contributed by atoms with E-state index in [4.69, 9.17) is 9.47 Å². The average Bonchev–Trinajstić information content (AvgIpc) is 3.24. The van der Waals surface area contributed by atoms with Crippen LogP contribution in [0.4, 0.5) is 5.13 Å². The number of benzene rings is 2. The van der Waals surface area contributed by atoms with Gasteiger partial charge < -0.3 is 14.8 Å². The minimum Gasteiger partial charge on any atom is -0.462 e. The molecule has 1 N–H and O–H groups in total. The van der Waals surface area contributed by atoms with E-state index in [1.807, 2.05) is 35.7 Å². The molecule has 0 saturated carbocycles. The number of rotatable bonds is 8. The topological polar surface area (TPSA) is 77.5 Å². The minimum atomic E-state index is -0.739. The second kappa shape index (κ2) is 10.4. The molecular weight excluding hydrogens is 400 g/mol. The molecule has 3 rings (SSSR count). The highest BCUT2D eigenvalue weighted by atomic mass is 32.1. The zero-order valence-corrected chi connectivity index (χ0v) is 17.6. The van der Waals surface area contributed by atoms with Crippen LogP contribution in [0.3, 0.4) is 0 Å². The standard InChI is InChI=1S/C23H22N2O4S/c1-3-28-21(26)19(22(27)29-4-2)14-24-23-25-20(15-30-23)18-12-10-17(11-13-18)16-8-6-5-7-9-16/h5-15H,3-4H2,1-2H3,(H,24,25). The summed E-state index contributed by atoms with van der Waals surface area (Å²) in [5.41, 5.74) is 3.84. The Balaban J connectivity index is 1.74. The summed E-state index contributed by atoms with van der Waals surface area (Å²) in [5.74, 6) is -1.48. The van der Waals surface area contributed by atoms with Gasteiger partial charge in [0.25, 0.3) is 0 Å². The van der Waals surface area contributed by atoms with Gasteiger partial charge in [0, 0.05) is 17.1 Å². The molecule has 1 aromatic heterocycles. The number of thiazole rings is 1. The van der Waals surface area contributed by atoms with Crippen molar-refractivity contribution < 1.29 is 19.1 Å². The lowest BCUT2D eigenvalue weighted by Gasteiger charge is -2.06. The maximum Gasteiger partial charge on any atom is 0.347 e. The normalized spacial score (nSPS) is 10.2. The molecule has 0 aliphatic heterocycles. The zero-order valence-electron chi connectivity index (χ0n) is 16.8. The van der Waals surface area contributed by atoms with E-state index in [1.54, 1.807) is 13.8 Å². The summed E-state index contributed by atoms with van der Waals surface area (Å²) in [7, 11) is 0. The molecule has 30 heavy (non-hydrogen) atoms. The molecule has 0 atom stereocenters. The van der Waals surface area contributed by atoms with Gasteiger partial charge in [0.05, 0.1) is 18.9 Å². The van der Waals surface area contributed by atoms with E-state index >= 15 is 0 Å². The van der Waals surface area contributed by atoms with Crippen molar-refractivity contribution in [1.82, 2.24) is 4.98 Å². The molecule has 0 bridgehead atoms. The van der Waals surface area contributed by atoms with Gasteiger partial charge in [0.15, 0.2) is 10.7 Å². The van der Waals surface area contributed by atoms with Crippen LogP contribution < -0.4 is 5.32 Å². The molecule has 0 fully saturated rings.